The predicted molar refractivity (Wildman–Crippen MR) is 104 cm³/mol. The first-order valence-electron chi connectivity index (χ1n) is 9.51. The van der Waals surface area contributed by atoms with Gasteiger partial charge in [-0.05, 0) is 31.5 Å². The van der Waals surface area contributed by atoms with E-state index < -0.39 is 12.5 Å². The molecule has 0 heterocycles. The molecule has 0 unspecified atom stereocenters. The third-order valence-corrected chi connectivity index (χ3v) is 3.66. The van der Waals surface area contributed by atoms with Crippen LogP contribution in [0.15, 0.2) is 24.3 Å². The maximum atomic E-state index is 12.1. The molecular formula is C19H31N3O5. The van der Waals surface area contributed by atoms with Gasteiger partial charge in [-0.15, -0.1) is 0 Å². The summed E-state index contributed by atoms with van der Waals surface area (Å²) in [6, 6.07) is 8.00. The van der Waals surface area contributed by atoms with Crippen LogP contribution in [0.3, 0.4) is 0 Å². The number of amides is 2. The molecule has 2 N–H and O–H groups in total. The third-order valence-electron chi connectivity index (χ3n) is 3.66. The Balaban J connectivity index is 2.37. The Morgan fingerprint density at radius 2 is 1.96 bits per heavy atom. The molecule has 0 aliphatic rings. The average molecular weight is 382 g/mol. The van der Waals surface area contributed by atoms with Crippen LogP contribution in [-0.4, -0.2) is 79.9 Å². The molecule has 0 spiro atoms. The molecule has 8 nitrogen and oxygen atoms in total. The second-order valence-corrected chi connectivity index (χ2v) is 6.39. The van der Waals surface area contributed by atoms with Crippen LogP contribution in [-0.2, 0) is 20.9 Å². The molecule has 0 aliphatic heterocycles. The summed E-state index contributed by atoms with van der Waals surface area (Å²) in [5.74, 6) is 0. The zero-order valence-electron chi connectivity index (χ0n) is 17.3. The smallest absolute Gasteiger partial charge is 0.409 e. The van der Waals surface area contributed by atoms with Gasteiger partial charge in [-0.3, -0.25) is 4.79 Å². The van der Waals surface area contributed by atoms with Gasteiger partial charge in [0.25, 0.3) is 0 Å². The Morgan fingerprint density at radius 3 is 2.56 bits per heavy atom. The summed E-state index contributed by atoms with van der Waals surface area (Å²) in [6.45, 7) is 5.24. The number of anilines is 1. The molecular weight excluding hydrogens is 350 g/mol. The molecule has 1 rings (SSSR count). The van der Waals surface area contributed by atoms with E-state index in [1.807, 2.05) is 24.3 Å². The van der Waals surface area contributed by atoms with Gasteiger partial charge >= 0.3 is 6.09 Å². The molecule has 0 saturated carbocycles. The number of ether oxygens (including phenoxy) is 2. The number of hydrogen-bond acceptors (Lipinski definition) is 6. The molecule has 2 amide bonds. The van der Waals surface area contributed by atoms with Crippen molar-refractivity contribution >= 4 is 18.2 Å². The van der Waals surface area contributed by atoms with Crippen LogP contribution < -0.4 is 5.32 Å². The number of aliphatic hydroxyl groups excluding tert-OH is 1. The lowest BCUT2D eigenvalue weighted by atomic mass is 10.2. The Bertz CT molecular complexity index is 598. The van der Waals surface area contributed by atoms with Crippen molar-refractivity contribution in [3.63, 3.8) is 0 Å². The molecule has 0 radical (unpaired) electrons. The minimum Gasteiger partial charge on any atom is -0.445 e. The van der Waals surface area contributed by atoms with Crippen molar-refractivity contribution in [2.24, 2.45) is 0 Å². The fraction of sp³-hybridized carbons (Fsp3) is 0.579. The SMILES string of the molecule is [2H]C(=O)N(CCOCCO)CCN(C)C(=O)OCc1ccc(NC(C)C)cc1. The number of hydrogen-bond donors (Lipinski definition) is 2. The van der Waals surface area contributed by atoms with E-state index in [2.05, 4.69) is 19.2 Å². The van der Waals surface area contributed by atoms with Crippen molar-refractivity contribution < 1.29 is 25.5 Å². The fourth-order valence-corrected chi connectivity index (χ4v) is 2.19. The highest BCUT2D eigenvalue weighted by Crippen LogP contribution is 2.11. The normalized spacial score (nSPS) is 11.1. The van der Waals surface area contributed by atoms with Gasteiger partial charge in [0.15, 0.2) is 0 Å². The number of carbonyl (C=O) groups is 2. The van der Waals surface area contributed by atoms with Gasteiger partial charge in [0.05, 0.1) is 19.8 Å². The first kappa shape index (κ1) is 21.0. The van der Waals surface area contributed by atoms with Crippen molar-refractivity contribution in [3.8, 4) is 0 Å². The van der Waals surface area contributed by atoms with Crippen LogP contribution in [0.4, 0.5) is 10.5 Å². The number of rotatable bonds is 12. The fourth-order valence-electron chi connectivity index (χ4n) is 2.19. The number of aliphatic hydroxyl groups is 1. The monoisotopic (exact) mass is 382 g/mol. The number of carbonyl (C=O) groups excluding carboxylic acids is 2. The van der Waals surface area contributed by atoms with Crippen molar-refractivity contribution in [3.05, 3.63) is 29.8 Å². The number of likely N-dealkylation sites (N-methyl/N-ethyl adjacent to an activating group) is 1. The second kappa shape index (κ2) is 12.9. The predicted octanol–water partition coefficient (Wildman–Crippen LogP) is 1.54. The van der Waals surface area contributed by atoms with E-state index in [9.17, 15) is 9.59 Å². The van der Waals surface area contributed by atoms with Gasteiger partial charge in [-0.25, -0.2) is 4.79 Å². The maximum absolute atomic E-state index is 12.1. The summed E-state index contributed by atoms with van der Waals surface area (Å²) < 4.78 is 17.6. The highest BCUT2D eigenvalue weighted by Gasteiger charge is 2.12. The lowest BCUT2D eigenvalue weighted by Crippen LogP contribution is -2.37. The molecule has 1 aromatic carbocycles. The van der Waals surface area contributed by atoms with Crippen LogP contribution in [0.25, 0.3) is 0 Å². The molecule has 27 heavy (non-hydrogen) atoms. The Labute approximate surface area is 162 Å². The Hall–Kier alpha value is -2.32. The first-order chi connectivity index (χ1) is 13.3. The van der Waals surface area contributed by atoms with Gasteiger partial charge in [-0.1, -0.05) is 12.1 Å². The maximum Gasteiger partial charge on any atom is 0.409 e. The molecule has 0 aliphatic carbocycles. The summed E-state index contributed by atoms with van der Waals surface area (Å²) in [7, 11) is 1.58. The standard InChI is InChI=1S/C19H31N3O5/c1-16(2)20-18-6-4-17(5-7-18)14-27-19(25)21(3)8-9-22(15-24)10-12-26-13-11-23/h4-7,15-16,20,23H,8-14H2,1-3H3/i15D. The van der Waals surface area contributed by atoms with Crippen LogP contribution in [0.1, 0.15) is 20.8 Å². The molecule has 0 saturated heterocycles. The van der Waals surface area contributed by atoms with Gasteiger partial charge in [0, 0.05) is 38.4 Å². The summed E-state index contributed by atoms with van der Waals surface area (Å²) in [6.07, 6.45) is -1.34. The Morgan fingerprint density at radius 1 is 1.26 bits per heavy atom. The molecule has 0 aromatic heterocycles. The quantitative estimate of drug-likeness (QED) is 0.421. The van der Waals surface area contributed by atoms with Crippen molar-refractivity contribution in [1.29, 1.82) is 0 Å². The minimum atomic E-state index is -0.843. The van der Waals surface area contributed by atoms with Crippen LogP contribution in [0, 0.1) is 0 Å². The summed E-state index contributed by atoms with van der Waals surface area (Å²) in [5.41, 5.74) is 1.88. The lowest BCUT2D eigenvalue weighted by molar-refractivity contribution is -0.119. The zero-order chi connectivity index (χ0) is 20.9. The van der Waals surface area contributed by atoms with Crippen LogP contribution >= 0.6 is 0 Å². The first-order valence-corrected chi connectivity index (χ1v) is 9.01. The van der Waals surface area contributed by atoms with E-state index in [0.29, 0.717) is 6.04 Å². The second-order valence-electron chi connectivity index (χ2n) is 6.39. The molecule has 152 valence electrons. The van der Waals surface area contributed by atoms with Crippen molar-refractivity contribution in [1.82, 2.24) is 9.80 Å². The number of nitrogens with zero attached hydrogens (tertiary/aromatic N) is 2. The Kier molecular flexibility index (Phi) is 10.1. The molecule has 8 heteroatoms. The van der Waals surface area contributed by atoms with Gasteiger partial charge in [0.2, 0.25) is 6.39 Å². The lowest BCUT2D eigenvalue weighted by Gasteiger charge is -2.22. The van der Waals surface area contributed by atoms with Crippen molar-refractivity contribution in [2.45, 2.75) is 26.5 Å². The average Bonchev–Trinajstić information content (AvgIpc) is 2.65. The van der Waals surface area contributed by atoms with Gasteiger partial charge in [0.1, 0.15) is 7.98 Å². The minimum absolute atomic E-state index is 0.0969. The largest absolute Gasteiger partial charge is 0.445 e. The van der Waals surface area contributed by atoms with E-state index in [4.69, 9.17) is 16.0 Å². The summed E-state index contributed by atoms with van der Waals surface area (Å²) in [5, 5.41) is 11.9. The van der Waals surface area contributed by atoms with E-state index in [1.54, 1.807) is 7.05 Å². The molecule has 0 fully saturated rings. The van der Waals surface area contributed by atoms with Crippen LogP contribution in [0.2, 0.25) is 0 Å². The molecule has 1 aromatic rings. The van der Waals surface area contributed by atoms with E-state index >= 15 is 0 Å². The number of nitrogens with one attached hydrogen (secondary N) is 1. The molecule has 0 bridgehead atoms. The molecule has 0 atom stereocenters. The number of benzene rings is 1. The van der Waals surface area contributed by atoms with Gasteiger partial charge < -0.3 is 29.7 Å². The highest BCUT2D eigenvalue weighted by molar-refractivity contribution is 5.67. The van der Waals surface area contributed by atoms with E-state index in [0.717, 1.165) is 11.3 Å². The zero-order valence-corrected chi connectivity index (χ0v) is 16.3. The van der Waals surface area contributed by atoms with E-state index in [1.165, 1.54) is 9.80 Å². The van der Waals surface area contributed by atoms with E-state index in [-0.39, 0.29) is 46.1 Å². The topological polar surface area (TPSA) is 91.3 Å². The third kappa shape index (κ3) is 9.81. The van der Waals surface area contributed by atoms with Crippen molar-refractivity contribution in [2.75, 3.05) is 51.8 Å². The van der Waals surface area contributed by atoms with Crippen LogP contribution in [0.5, 0.6) is 0 Å². The summed E-state index contributed by atoms with van der Waals surface area (Å²) in [4.78, 5) is 26.1. The van der Waals surface area contributed by atoms with Gasteiger partial charge in [-0.2, -0.15) is 0 Å². The highest BCUT2D eigenvalue weighted by atomic mass is 16.6. The summed E-state index contributed by atoms with van der Waals surface area (Å²) >= 11 is 0.